The van der Waals surface area contributed by atoms with Gasteiger partial charge in [-0.15, -0.1) is 0 Å². The molecule has 9 heteroatoms. The lowest BCUT2D eigenvalue weighted by atomic mass is 10.1. The fourth-order valence-corrected chi connectivity index (χ4v) is 2.89. The largest absolute Gasteiger partial charge is 0.461 e. The molecule has 9 nitrogen and oxygen atoms in total. The number of hydrogen-bond acceptors (Lipinski definition) is 6. The van der Waals surface area contributed by atoms with Crippen LogP contribution in [0.1, 0.15) is 25.6 Å². The van der Waals surface area contributed by atoms with Crippen LogP contribution in [0.25, 0.3) is 11.6 Å². The molecule has 154 valence electrons. The average Bonchev–Trinajstić information content (AvgIpc) is 3.47. The van der Waals surface area contributed by atoms with E-state index in [4.69, 9.17) is 13.9 Å². The van der Waals surface area contributed by atoms with Crippen LogP contribution in [0.3, 0.4) is 0 Å². The van der Waals surface area contributed by atoms with Gasteiger partial charge in [0.1, 0.15) is 5.82 Å². The summed E-state index contributed by atoms with van der Waals surface area (Å²) in [4.78, 5) is 9.03. The third-order valence-corrected chi connectivity index (χ3v) is 4.37. The Morgan fingerprint density at radius 1 is 1.43 bits per heavy atom. The molecule has 0 aromatic carbocycles. The molecule has 3 N–H and O–H groups in total. The van der Waals surface area contributed by atoms with Crippen LogP contribution in [0.2, 0.25) is 0 Å². The van der Waals surface area contributed by atoms with Crippen molar-refractivity contribution in [1.29, 1.82) is 0 Å². The molecule has 1 aliphatic rings. The molecule has 0 saturated carbocycles. The van der Waals surface area contributed by atoms with Crippen LogP contribution in [-0.4, -0.2) is 67.2 Å². The van der Waals surface area contributed by atoms with E-state index >= 15 is 0 Å². The van der Waals surface area contributed by atoms with Crippen LogP contribution in [0, 0.1) is 5.92 Å². The highest BCUT2D eigenvalue weighted by atomic mass is 16.5. The zero-order valence-corrected chi connectivity index (χ0v) is 16.4. The lowest BCUT2D eigenvalue weighted by Gasteiger charge is -2.11. The monoisotopic (exact) mass is 390 g/mol. The van der Waals surface area contributed by atoms with Crippen LogP contribution >= 0.6 is 0 Å². The molecule has 28 heavy (non-hydrogen) atoms. The first-order chi connectivity index (χ1) is 13.8. The number of aromatic nitrogens is 3. The van der Waals surface area contributed by atoms with Crippen molar-refractivity contribution < 1.29 is 13.9 Å². The molecular formula is C19H30N6O3. The quantitative estimate of drug-likeness (QED) is 0.304. The van der Waals surface area contributed by atoms with Crippen molar-refractivity contribution >= 4 is 5.96 Å². The number of nitrogens with zero attached hydrogens (tertiary/aromatic N) is 3. The molecule has 2 aromatic rings. The number of furan rings is 1. The Bertz CT molecular complexity index is 694. The number of H-pyrrole nitrogens is 1. The lowest BCUT2D eigenvalue weighted by molar-refractivity contribution is 0.0893. The van der Waals surface area contributed by atoms with Gasteiger partial charge in [-0.25, -0.2) is 4.98 Å². The van der Waals surface area contributed by atoms with Crippen molar-refractivity contribution in [1.82, 2.24) is 25.8 Å². The molecule has 0 aliphatic carbocycles. The van der Waals surface area contributed by atoms with Gasteiger partial charge in [0.15, 0.2) is 11.7 Å². The molecule has 2 aromatic heterocycles. The molecule has 0 radical (unpaired) electrons. The zero-order chi connectivity index (χ0) is 19.4. The van der Waals surface area contributed by atoms with E-state index in [1.54, 1.807) is 6.26 Å². The summed E-state index contributed by atoms with van der Waals surface area (Å²) < 4.78 is 16.4. The number of aromatic amines is 1. The maximum Gasteiger partial charge on any atom is 0.216 e. The summed E-state index contributed by atoms with van der Waals surface area (Å²) in [6.45, 7) is 7.52. The number of guanidine groups is 1. The van der Waals surface area contributed by atoms with E-state index in [1.807, 2.05) is 12.1 Å². The molecule has 1 fully saturated rings. The van der Waals surface area contributed by atoms with Crippen LogP contribution in [-0.2, 0) is 15.9 Å². The van der Waals surface area contributed by atoms with E-state index in [2.05, 4.69) is 37.7 Å². The highest BCUT2D eigenvalue weighted by Gasteiger charge is 2.15. The van der Waals surface area contributed by atoms with E-state index in [-0.39, 0.29) is 0 Å². The second-order valence-corrected chi connectivity index (χ2v) is 6.68. The van der Waals surface area contributed by atoms with Crippen molar-refractivity contribution in [3.05, 3.63) is 24.2 Å². The molecule has 3 heterocycles. The fraction of sp³-hybridized carbons (Fsp3) is 0.632. The van der Waals surface area contributed by atoms with Crippen LogP contribution in [0.4, 0.5) is 0 Å². The average molecular weight is 390 g/mol. The van der Waals surface area contributed by atoms with E-state index in [0.717, 1.165) is 64.1 Å². The van der Waals surface area contributed by atoms with Gasteiger partial charge in [0, 0.05) is 45.2 Å². The Balaban J connectivity index is 1.32. The summed E-state index contributed by atoms with van der Waals surface area (Å²) in [6, 6.07) is 3.66. The topological polar surface area (TPSA) is 110 Å². The Morgan fingerprint density at radius 2 is 2.39 bits per heavy atom. The summed E-state index contributed by atoms with van der Waals surface area (Å²) in [6.07, 6.45) is 4.34. The number of rotatable bonds is 11. The third kappa shape index (κ3) is 6.65. The summed E-state index contributed by atoms with van der Waals surface area (Å²) in [7, 11) is 0. The van der Waals surface area contributed by atoms with Gasteiger partial charge in [-0.3, -0.25) is 10.1 Å². The Labute approximate surface area is 165 Å². The molecule has 1 aliphatic heterocycles. The van der Waals surface area contributed by atoms with E-state index in [9.17, 15) is 0 Å². The molecule has 0 amide bonds. The standard InChI is InChI=1S/C19H30N6O3/c1-2-20-19(21-8-4-10-26-13-15-7-12-27-14-15)22-9-6-17-23-18(25-24-17)16-5-3-11-28-16/h3,5,11,15H,2,4,6-10,12-14H2,1H3,(H2,20,21,22)(H,23,24,25). The summed E-state index contributed by atoms with van der Waals surface area (Å²) in [5, 5.41) is 13.7. The number of aliphatic imine (C=N–C) groups is 1. The Morgan fingerprint density at radius 3 is 3.18 bits per heavy atom. The number of nitrogens with one attached hydrogen (secondary N) is 3. The van der Waals surface area contributed by atoms with E-state index in [1.165, 1.54) is 0 Å². The molecule has 1 atom stereocenters. The predicted molar refractivity (Wildman–Crippen MR) is 106 cm³/mol. The predicted octanol–water partition coefficient (Wildman–Crippen LogP) is 1.61. The van der Waals surface area contributed by atoms with Crippen molar-refractivity contribution in [3.8, 4) is 11.6 Å². The third-order valence-electron chi connectivity index (χ3n) is 4.37. The molecular weight excluding hydrogens is 360 g/mol. The second kappa shape index (κ2) is 11.5. The fourth-order valence-electron chi connectivity index (χ4n) is 2.89. The Kier molecular flexibility index (Phi) is 8.32. The van der Waals surface area contributed by atoms with Gasteiger partial charge in [-0.1, -0.05) is 0 Å². The highest BCUT2D eigenvalue weighted by Crippen LogP contribution is 2.14. The maximum atomic E-state index is 5.71. The van der Waals surface area contributed by atoms with Crippen LogP contribution in [0.5, 0.6) is 0 Å². The minimum absolute atomic E-state index is 0.562. The first kappa shape index (κ1) is 20.3. The van der Waals surface area contributed by atoms with Crippen molar-refractivity contribution in [2.75, 3.05) is 46.1 Å². The van der Waals surface area contributed by atoms with Gasteiger partial charge in [0.25, 0.3) is 0 Å². The smallest absolute Gasteiger partial charge is 0.216 e. The molecule has 3 rings (SSSR count). The van der Waals surface area contributed by atoms with Crippen molar-refractivity contribution in [3.63, 3.8) is 0 Å². The first-order valence-corrected chi connectivity index (χ1v) is 9.98. The maximum absolute atomic E-state index is 5.71. The van der Waals surface area contributed by atoms with Gasteiger partial charge >= 0.3 is 0 Å². The van der Waals surface area contributed by atoms with Crippen LogP contribution < -0.4 is 10.6 Å². The molecule has 1 saturated heterocycles. The normalized spacial score (nSPS) is 17.2. The van der Waals surface area contributed by atoms with Gasteiger partial charge in [0.05, 0.1) is 19.5 Å². The zero-order valence-electron chi connectivity index (χ0n) is 16.4. The van der Waals surface area contributed by atoms with Crippen molar-refractivity contribution in [2.45, 2.75) is 26.2 Å². The first-order valence-electron chi connectivity index (χ1n) is 9.98. The summed E-state index contributed by atoms with van der Waals surface area (Å²) >= 11 is 0. The number of ether oxygens (including phenoxy) is 2. The Hall–Kier alpha value is -2.39. The van der Waals surface area contributed by atoms with Gasteiger partial charge in [0.2, 0.25) is 5.82 Å². The number of hydrogen-bond donors (Lipinski definition) is 3. The lowest BCUT2D eigenvalue weighted by Crippen LogP contribution is -2.38. The van der Waals surface area contributed by atoms with Crippen molar-refractivity contribution in [2.24, 2.45) is 10.9 Å². The van der Waals surface area contributed by atoms with E-state index < -0.39 is 0 Å². The minimum atomic E-state index is 0.562. The molecule has 0 bridgehead atoms. The second-order valence-electron chi connectivity index (χ2n) is 6.68. The summed E-state index contributed by atoms with van der Waals surface area (Å²) in [5.41, 5.74) is 0. The highest BCUT2D eigenvalue weighted by molar-refractivity contribution is 5.79. The minimum Gasteiger partial charge on any atom is -0.461 e. The van der Waals surface area contributed by atoms with Gasteiger partial charge < -0.3 is 24.5 Å². The SMILES string of the molecule is CCNC(=NCCCOCC1CCOC1)NCCc1nc(-c2ccco2)n[nH]1. The summed E-state index contributed by atoms with van der Waals surface area (Å²) in [5.74, 6) is 3.40. The van der Waals surface area contributed by atoms with Crippen LogP contribution in [0.15, 0.2) is 27.8 Å². The molecule has 0 spiro atoms. The van der Waals surface area contributed by atoms with Gasteiger partial charge in [-0.05, 0) is 31.9 Å². The van der Waals surface area contributed by atoms with E-state index in [0.29, 0.717) is 30.5 Å². The van der Waals surface area contributed by atoms with Gasteiger partial charge in [-0.2, -0.15) is 5.10 Å². The molecule has 1 unspecified atom stereocenters.